The number of methoxy groups -OCH3 is 1. The molecule has 0 N–H and O–H groups in total. The second kappa shape index (κ2) is 6.26. The van der Waals surface area contributed by atoms with Crippen molar-refractivity contribution in [1.29, 1.82) is 0 Å². The van der Waals surface area contributed by atoms with E-state index in [1.54, 1.807) is 4.90 Å². The van der Waals surface area contributed by atoms with Gasteiger partial charge in [0.1, 0.15) is 5.69 Å². The van der Waals surface area contributed by atoms with Gasteiger partial charge in [0, 0.05) is 38.2 Å². The molecule has 2 atom stereocenters. The minimum absolute atomic E-state index is 0.0269. The summed E-state index contributed by atoms with van der Waals surface area (Å²) in [5.74, 6) is -0.0199. The first kappa shape index (κ1) is 16.5. The Kier molecular flexibility index (Phi) is 4.29. The third-order valence-corrected chi connectivity index (χ3v) is 4.80. The van der Waals surface area contributed by atoms with Crippen LogP contribution in [0.5, 0.6) is 5.75 Å². The Morgan fingerprint density at radius 1 is 1.33 bits per heavy atom. The Morgan fingerprint density at radius 2 is 1.96 bits per heavy atom. The Bertz CT molecular complexity index is 674. The summed E-state index contributed by atoms with van der Waals surface area (Å²) in [6.07, 6.45) is 0.944. The highest BCUT2D eigenvalue weighted by Crippen LogP contribution is 2.40. The third-order valence-electron chi connectivity index (χ3n) is 4.80. The van der Waals surface area contributed by atoms with Crippen LogP contribution in [0.3, 0.4) is 0 Å². The summed E-state index contributed by atoms with van der Waals surface area (Å²) in [5.41, 5.74) is 0.0361. The number of nitrogens with zero attached hydrogens (tertiary/aromatic N) is 3. The molecule has 1 aliphatic heterocycles. The van der Waals surface area contributed by atoms with Crippen molar-refractivity contribution < 1.29 is 18.8 Å². The van der Waals surface area contributed by atoms with Crippen LogP contribution in [0.15, 0.2) is 12.1 Å². The average Bonchev–Trinajstić information content (AvgIpc) is 3.30. The zero-order chi connectivity index (χ0) is 17.4. The lowest BCUT2D eigenvalue weighted by molar-refractivity contribution is -0.384. The number of nitro groups is 1. The second-order valence-electron chi connectivity index (χ2n) is 6.36. The van der Waals surface area contributed by atoms with Crippen LogP contribution in [0.4, 0.5) is 15.8 Å². The Hall–Kier alpha value is -2.38. The highest BCUT2D eigenvalue weighted by Gasteiger charge is 2.42. The number of nitro benzene ring substituents is 1. The van der Waals surface area contributed by atoms with Gasteiger partial charge in [-0.25, -0.2) is 4.39 Å². The Labute approximate surface area is 139 Å². The quantitative estimate of drug-likeness (QED) is 0.621. The van der Waals surface area contributed by atoms with Crippen molar-refractivity contribution in [1.82, 2.24) is 4.90 Å². The van der Waals surface area contributed by atoms with Crippen LogP contribution in [0.25, 0.3) is 0 Å². The molecule has 0 aromatic heterocycles. The van der Waals surface area contributed by atoms with Crippen LogP contribution in [-0.4, -0.2) is 49.0 Å². The van der Waals surface area contributed by atoms with Crippen LogP contribution >= 0.6 is 0 Å². The van der Waals surface area contributed by atoms with Gasteiger partial charge >= 0.3 is 0 Å². The fourth-order valence-corrected chi connectivity index (χ4v) is 3.16. The summed E-state index contributed by atoms with van der Waals surface area (Å²) >= 11 is 0. The number of piperazine rings is 1. The predicted molar refractivity (Wildman–Crippen MR) is 85.7 cm³/mol. The van der Waals surface area contributed by atoms with Crippen molar-refractivity contribution >= 4 is 17.3 Å². The summed E-state index contributed by atoms with van der Waals surface area (Å²) < 4.78 is 18.7. The van der Waals surface area contributed by atoms with E-state index in [-0.39, 0.29) is 23.3 Å². The van der Waals surface area contributed by atoms with Gasteiger partial charge < -0.3 is 14.5 Å². The van der Waals surface area contributed by atoms with Gasteiger partial charge in [0.2, 0.25) is 5.91 Å². The molecule has 0 bridgehead atoms. The lowest BCUT2D eigenvalue weighted by atomic mass is 10.2. The normalized spacial score (nSPS) is 23.1. The van der Waals surface area contributed by atoms with Crippen molar-refractivity contribution in [3.63, 3.8) is 0 Å². The van der Waals surface area contributed by atoms with E-state index in [1.165, 1.54) is 13.2 Å². The molecule has 1 amide bonds. The molecule has 1 aliphatic carbocycles. The molecule has 8 heteroatoms. The van der Waals surface area contributed by atoms with Crippen molar-refractivity contribution in [2.75, 3.05) is 38.2 Å². The molecular formula is C16H20FN3O4. The molecule has 1 heterocycles. The Balaban J connectivity index is 1.76. The topological polar surface area (TPSA) is 75.9 Å². The molecule has 1 aromatic carbocycles. The van der Waals surface area contributed by atoms with Crippen molar-refractivity contribution in [3.8, 4) is 5.75 Å². The van der Waals surface area contributed by atoms with E-state index in [9.17, 15) is 19.3 Å². The summed E-state index contributed by atoms with van der Waals surface area (Å²) in [6, 6.07) is 2.24. The minimum Gasteiger partial charge on any atom is -0.494 e. The molecule has 7 nitrogen and oxygen atoms in total. The molecule has 0 spiro atoms. The second-order valence-corrected chi connectivity index (χ2v) is 6.36. The summed E-state index contributed by atoms with van der Waals surface area (Å²) in [6.45, 7) is 4.04. The lowest BCUT2D eigenvalue weighted by Crippen LogP contribution is -2.49. The van der Waals surface area contributed by atoms with Crippen molar-refractivity contribution in [2.45, 2.75) is 13.3 Å². The first-order chi connectivity index (χ1) is 11.4. The highest BCUT2D eigenvalue weighted by atomic mass is 19.1. The average molecular weight is 337 g/mol. The van der Waals surface area contributed by atoms with E-state index >= 15 is 0 Å². The van der Waals surface area contributed by atoms with E-state index in [4.69, 9.17) is 4.74 Å². The highest BCUT2D eigenvalue weighted by molar-refractivity contribution is 5.82. The van der Waals surface area contributed by atoms with Crippen LogP contribution in [0.2, 0.25) is 0 Å². The van der Waals surface area contributed by atoms with Crippen molar-refractivity contribution in [2.24, 2.45) is 11.8 Å². The number of hydrogen-bond acceptors (Lipinski definition) is 5. The van der Waals surface area contributed by atoms with E-state index in [0.29, 0.717) is 37.8 Å². The smallest absolute Gasteiger partial charge is 0.295 e. The van der Waals surface area contributed by atoms with E-state index in [2.05, 4.69) is 6.92 Å². The molecule has 2 aliphatic rings. The number of halogens is 1. The summed E-state index contributed by atoms with van der Waals surface area (Å²) in [4.78, 5) is 26.5. The van der Waals surface area contributed by atoms with Gasteiger partial charge in [-0.2, -0.15) is 0 Å². The first-order valence-corrected chi connectivity index (χ1v) is 7.98. The van der Waals surface area contributed by atoms with Gasteiger partial charge in [-0.15, -0.1) is 0 Å². The fourth-order valence-electron chi connectivity index (χ4n) is 3.16. The van der Waals surface area contributed by atoms with Gasteiger partial charge in [-0.1, -0.05) is 6.92 Å². The van der Waals surface area contributed by atoms with Crippen LogP contribution < -0.4 is 9.64 Å². The Morgan fingerprint density at radius 3 is 2.46 bits per heavy atom. The monoisotopic (exact) mass is 337 g/mol. The lowest BCUT2D eigenvalue weighted by Gasteiger charge is -2.36. The number of hydrogen-bond donors (Lipinski definition) is 0. The van der Waals surface area contributed by atoms with Gasteiger partial charge in [0.25, 0.3) is 5.69 Å². The number of carbonyl (C=O) groups is 1. The molecular weight excluding hydrogens is 317 g/mol. The maximum Gasteiger partial charge on any atom is 0.295 e. The number of anilines is 1. The molecule has 1 saturated heterocycles. The van der Waals surface area contributed by atoms with Gasteiger partial charge in [0.15, 0.2) is 11.6 Å². The number of amides is 1. The van der Waals surface area contributed by atoms with Gasteiger partial charge in [0.05, 0.1) is 18.1 Å². The SMILES string of the molecule is COc1cc(N2CCN(C(=O)[C@@H]3C[C@H]3C)CC2)c([N+](=O)[O-])cc1F. The zero-order valence-corrected chi connectivity index (χ0v) is 13.7. The number of benzene rings is 1. The van der Waals surface area contributed by atoms with Crippen LogP contribution in [0.1, 0.15) is 13.3 Å². The molecule has 1 saturated carbocycles. The predicted octanol–water partition coefficient (Wildman–Crippen LogP) is 2.05. The summed E-state index contributed by atoms with van der Waals surface area (Å²) in [7, 11) is 1.32. The van der Waals surface area contributed by atoms with Crippen LogP contribution in [0, 0.1) is 27.8 Å². The largest absolute Gasteiger partial charge is 0.494 e. The number of ether oxygens (including phenoxy) is 1. The van der Waals surface area contributed by atoms with E-state index in [1.807, 2.05) is 4.90 Å². The maximum absolute atomic E-state index is 13.8. The maximum atomic E-state index is 13.8. The zero-order valence-electron chi connectivity index (χ0n) is 13.7. The third kappa shape index (κ3) is 3.00. The number of carbonyl (C=O) groups excluding carboxylic acids is 1. The fraction of sp³-hybridized carbons (Fsp3) is 0.562. The van der Waals surface area contributed by atoms with E-state index < -0.39 is 10.7 Å². The standard InChI is InChI=1S/C16H20FN3O4/c1-10-7-11(10)16(21)19-5-3-18(4-6-19)13-9-15(24-2)12(17)8-14(13)20(22)23/h8-11H,3-7H2,1-2H3/t10-,11-/m1/s1. The molecule has 3 rings (SSSR count). The van der Waals surface area contributed by atoms with E-state index in [0.717, 1.165) is 12.5 Å². The molecule has 0 unspecified atom stereocenters. The summed E-state index contributed by atoms with van der Waals surface area (Å²) in [5, 5.41) is 11.2. The van der Waals surface area contributed by atoms with Gasteiger partial charge in [-0.3, -0.25) is 14.9 Å². The molecule has 2 fully saturated rings. The number of rotatable bonds is 4. The minimum atomic E-state index is -0.760. The molecule has 130 valence electrons. The molecule has 0 radical (unpaired) electrons. The van der Waals surface area contributed by atoms with Gasteiger partial charge in [-0.05, 0) is 12.3 Å². The first-order valence-electron chi connectivity index (χ1n) is 7.98. The van der Waals surface area contributed by atoms with Crippen LogP contribution in [-0.2, 0) is 4.79 Å². The molecule has 1 aromatic rings. The molecule has 24 heavy (non-hydrogen) atoms. The van der Waals surface area contributed by atoms with Crippen molar-refractivity contribution in [3.05, 3.63) is 28.1 Å².